The van der Waals surface area contributed by atoms with E-state index in [9.17, 15) is 0 Å². The number of hydrogen-bond acceptors (Lipinski definition) is 3. The van der Waals surface area contributed by atoms with E-state index in [-0.39, 0.29) is 0 Å². The zero-order valence-electron chi connectivity index (χ0n) is 19.2. The van der Waals surface area contributed by atoms with E-state index < -0.39 is 0 Å². The smallest absolute Gasteiger partial charge is 0.0169 e. The van der Waals surface area contributed by atoms with Crippen LogP contribution in [0.4, 0.5) is 0 Å². The molecular weight excluding hydrogens is 366 g/mol. The van der Waals surface area contributed by atoms with Crippen LogP contribution in [0.1, 0.15) is 118 Å². The number of rotatable bonds is 22. The van der Waals surface area contributed by atoms with Crippen LogP contribution in [0.15, 0.2) is 0 Å². The molecule has 0 aromatic carbocycles. The molecule has 0 rings (SSSR count). The minimum Gasteiger partial charge on any atom is -0.315 e. The van der Waals surface area contributed by atoms with E-state index in [1.165, 1.54) is 114 Å². The van der Waals surface area contributed by atoms with Crippen LogP contribution in [0.3, 0.4) is 0 Å². The van der Waals surface area contributed by atoms with Crippen LogP contribution >= 0.6 is 23.5 Å². The van der Waals surface area contributed by atoms with Gasteiger partial charge in [-0.2, -0.15) is 23.5 Å². The van der Waals surface area contributed by atoms with Gasteiger partial charge >= 0.3 is 0 Å². The highest BCUT2D eigenvalue weighted by Gasteiger charge is 2.10. The summed E-state index contributed by atoms with van der Waals surface area (Å²) in [6, 6.07) is 0. The first kappa shape index (κ1) is 27.7. The molecule has 0 fully saturated rings. The van der Waals surface area contributed by atoms with Gasteiger partial charge in [0.25, 0.3) is 0 Å². The summed E-state index contributed by atoms with van der Waals surface area (Å²) in [5, 5.41) is 5.40. The summed E-state index contributed by atoms with van der Waals surface area (Å²) in [5.74, 6) is 2.71. The van der Waals surface area contributed by atoms with Crippen molar-refractivity contribution >= 4 is 23.5 Å². The van der Waals surface area contributed by atoms with E-state index in [0.29, 0.717) is 0 Å². The van der Waals surface area contributed by atoms with Gasteiger partial charge in [0.05, 0.1) is 0 Å². The highest BCUT2D eigenvalue weighted by atomic mass is 32.2. The third-order valence-corrected chi connectivity index (χ3v) is 8.35. The molecule has 0 radical (unpaired) electrons. The second-order valence-corrected chi connectivity index (χ2v) is 10.8. The Balaban J connectivity index is 3.60. The van der Waals surface area contributed by atoms with Crippen LogP contribution in [0, 0.1) is 0 Å². The normalized spacial score (nSPS) is 13.8. The Labute approximate surface area is 181 Å². The van der Waals surface area contributed by atoms with Crippen molar-refractivity contribution in [1.29, 1.82) is 0 Å². The van der Waals surface area contributed by atoms with E-state index in [4.69, 9.17) is 0 Å². The Bertz CT molecular complexity index is 247. The van der Waals surface area contributed by atoms with Crippen molar-refractivity contribution in [2.75, 3.05) is 24.6 Å². The van der Waals surface area contributed by atoms with Gasteiger partial charge in [0, 0.05) is 23.6 Å². The second-order valence-electron chi connectivity index (χ2n) is 8.00. The first-order valence-electron chi connectivity index (χ1n) is 12.2. The Kier molecular flexibility index (Phi) is 23.5. The van der Waals surface area contributed by atoms with Gasteiger partial charge in [-0.15, -0.1) is 0 Å². The molecule has 0 aliphatic rings. The molecule has 2 atom stereocenters. The van der Waals surface area contributed by atoms with Crippen LogP contribution in [-0.4, -0.2) is 35.1 Å². The Morgan fingerprint density at radius 2 is 0.889 bits per heavy atom. The van der Waals surface area contributed by atoms with Crippen LogP contribution in [-0.2, 0) is 0 Å². The summed E-state index contributed by atoms with van der Waals surface area (Å²) < 4.78 is 0. The molecule has 1 N–H and O–H groups in total. The minimum absolute atomic E-state index is 0.807. The SMILES string of the molecule is CCCCCCCCSC(CC)CNCC(CC)SCCCCCCCC. The Morgan fingerprint density at radius 1 is 0.519 bits per heavy atom. The average Bonchev–Trinajstić information content (AvgIpc) is 2.69. The van der Waals surface area contributed by atoms with Gasteiger partial charge in [-0.1, -0.05) is 91.9 Å². The van der Waals surface area contributed by atoms with Gasteiger partial charge in [-0.25, -0.2) is 0 Å². The van der Waals surface area contributed by atoms with E-state index in [1.54, 1.807) is 0 Å². The van der Waals surface area contributed by atoms with Gasteiger partial charge < -0.3 is 5.32 Å². The summed E-state index contributed by atoms with van der Waals surface area (Å²) in [5.41, 5.74) is 0. The minimum atomic E-state index is 0.807. The lowest BCUT2D eigenvalue weighted by Gasteiger charge is -2.19. The third-order valence-electron chi connectivity index (χ3n) is 5.36. The molecule has 0 bridgehead atoms. The van der Waals surface area contributed by atoms with Crippen molar-refractivity contribution in [2.45, 2.75) is 128 Å². The largest absolute Gasteiger partial charge is 0.315 e. The summed E-state index contributed by atoms with van der Waals surface area (Å²) >= 11 is 4.41. The van der Waals surface area contributed by atoms with E-state index in [0.717, 1.165) is 10.5 Å². The molecule has 27 heavy (non-hydrogen) atoms. The molecule has 164 valence electrons. The van der Waals surface area contributed by atoms with Crippen molar-refractivity contribution < 1.29 is 0 Å². The lowest BCUT2D eigenvalue weighted by atomic mass is 10.1. The third kappa shape index (κ3) is 19.7. The fourth-order valence-electron chi connectivity index (χ4n) is 3.31. The van der Waals surface area contributed by atoms with Crippen LogP contribution in [0.2, 0.25) is 0 Å². The maximum Gasteiger partial charge on any atom is 0.0169 e. The van der Waals surface area contributed by atoms with Crippen molar-refractivity contribution in [3.63, 3.8) is 0 Å². The summed E-state index contributed by atoms with van der Waals surface area (Å²) in [4.78, 5) is 0. The van der Waals surface area contributed by atoms with Gasteiger partial charge in [0.15, 0.2) is 0 Å². The molecule has 0 aliphatic carbocycles. The molecule has 3 heteroatoms. The van der Waals surface area contributed by atoms with Crippen LogP contribution in [0.5, 0.6) is 0 Å². The lowest BCUT2D eigenvalue weighted by Crippen LogP contribution is -2.30. The van der Waals surface area contributed by atoms with Gasteiger partial charge in [0.1, 0.15) is 0 Å². The lowest BCUT2D eigenvalue weighted by molar-refractivity contribution is 0.617. The first-order valence-corrected chi connectivity index (χ1v) is 14.3. The molecule has 2 unspecified atom stereocenters. The molecule has 0 aliphatic heterocycles. The highest BCUT2D eigenvalue weighted by molar-refractivity contribution is 8.00. The first-order chi connectivity index (χ1) is 13.3. The second kappa shape index (κ2) is 22.9. The number of hydrogen-bond donors (Lipinski definition) is 1. The van der Waals surface area contributed by atoms with Gasteiger partial charge in [-0.3, -0.25) is 0 Å². The predicted molar refractivity (Wildman–Crippen MR) is 133 cm³/mol. The maximum absolute atomic E-state index is 3.78. The summed E-state index contributed by atoms with van der Waals surface area (Å²) in [6.07, 6.45) is 19.6. The van der Waals surface area contributed by atoms with E-state index in [1.807, 2.05) is 0 Å². The number of nitrogens with one attached hydrogen (secondary N) is 1. The molecule has 0 saturated heterocycles. The monoisotopic (exact) mass is 417 g/mol. The quantitative estimate of drug-likeness (QED) is 0.178. The van der Waals surface area contributed by atoms with Gasteiger partial charge in [0.2, 0.25) is 0 Å². The van der Waals surface area contributed by atoms with Crippen molar-refractivity contribution in [3.05, 3.63) is 0 Å². The summed E-state index contributed by atoms with van der Waals surface area (Å²) in [6.45, 7) is 11.7. The molecule has 0 saturated carbocycles. The standard InChI is InChI=1S/C24H51NS2/c1-5-9-11-13-15-17-19-26-23(7-3)21-25-22-24(8-4)27-20-18-16-14-12-10-6-2/h23-25H,5-22H2,1-4H3. The number of thioether (sulfide) groups is 2. The predicted octanol–water partition coefficient (Wildman–Crippen LogP) is 8.32. The van der Waals surface area contributed by atoms with E-state index in [2.05, 4.69) is 56.5 Å². The zero-order valence-corrected chi connectivity index (χ0v) is 20.8. The molecule has 1 nitrogen and oxygen atoms in total. The van der Waals surface area contributed by atoms with Crippen molar-refractivity contribution in [3.8, 4) is 0 Å². The molecule has 0 heterocycles. The highest BCUT2D eigenvalue weighted by Crippen LogP contribution is 2.19. The Morgan fingerprint density at radius 3 is 1.26 bits per heavy atom. The molecular formula is C24H51NS2. The summed E-state index contributed by atoms with van der Waals surface area (Å²) in [7, 11) is 0. The number of unbranched alkanes of at least 4 members (excludes halogenated alkanes) is 10. The molecule has 0 aromatic rings. The van der Waals surface area contributed by atoms with Crippen molar-refractivity contribution in [1.82, 2.24) is 5.32 Å². The zero-order chi connectivity index (χ0) is 20.0. The average molecular weight is 418 g/mol. The van der Waals surface area contributed by atoms with Gasteiger partial charge in [-0.05, 0) is 37.2 Å². The molecule has 0 aromatic heterocycles. The maximum atomic E-state index is 3.78. The van der Waals surface area contributed by atoms with Crippen LogP contribution in [0.25, 0.3) is 0 Å². The Hall–Kier alpha value is 0.660. The topological polar surface area (TPSA) is 12.0 Å². The van der Waals surface area contributed by atoms with E-state index >= 15 is 0 Å². The fourth-order valence-corrected chi connectivity index (χ4v) is 5.66. The molecule has 0 amide bonds. The molecule has 0 spiro atoms. The fraction of sp³-hybridized carbons (Fsp3) is 1.00. The van der Waals surface area contributed by atoms with Crippen LogP contribution < -0.4 is 5.32 Å². The van der Waals surface area contributed by atoms with Crippen molar-refractivity contribution in [2.24, 2.45) is 0 Å².